The highest BCUT2D eigenvalue weighted by Gasteiger charge is 2.35. The Morgan fingerprint density at radius 1 is 1.11 bits per heavy atom. The van der Waals surface area contributed by atoms with Crippen LogP contribution in [0.5, 0.6) is 0 Å². The van der Waals surface area contributed by atoms with E-state index in [1.54, 1.807) is 19.1 Å². The van der Waals surface area contributed by atoms with Crippen molar-refractivity contribution in [3.8, 4) is 6.07 Å². The lowest BCUT2D eigenvalue weighted by Gasteiger charge is -2.29. The topological polar surface area (TPSA) is 91.2 Å². The number of halogens is 1. The van der Waals surface area contributed by atoms with E-state index in [-0.39, 0.29) is 24.3 Å². The van der Waals surface area contributed by atoms with Gasteiger partial charge >= 0.3 is 5.97 Å². The largest absolute Gasteiger partial charge is 0.457 e. The smallest absolute Gasteiger partial charge is 0.337 e. The maximum atomic E-state index is 13.3. The number of allylic oxidation sites excluding steroid dienone is 2. The third-order valence-corrected chi connectivity index (χ3v) is 7.87. The van der Waals surface area contributed by atoms with Crippen molar-refractivity contribution in [3.05, 3.63) is 92.6 Å². The highest BCUT2D eigenvalue weighted by Crippen LogP contribution is 2.41. The predicted octanol–water partition coefficient (Wildman–Crippen LogP) is 5.96. The first-order chi connectivity index (χ1) is 18.0. The molecule has 4 rings (SSSR count). The highest BCUT2D eigenvalue weighted by molar-refractivity contribution is 8.03. The number of hydrogen-bond acceptors (Lipinski definition) is 6. The Labute approximate surface area is 227 Å². The van der Waals surface area contributed by atoms with Crippen LogP contribution in [0.1, 0.15) is 56.1 Å². The molecule has 0 bridgehead atoms. The molecule has 0 saturated heterocycles. The van der Waals surface area contributed by atoms with E-state index < -0.39 is 11.9 Å². The SMILES string of the molecule is CC1=C(C(=O)OCc2ccccc2)C(c2ccc(Cl)cc2)C(C#N)=C(SCC(=O)NC2CCCCC2)N1. The van der Waals surface area contributed by atoms with Gasteiger partial charge in [-0.3, -0.25) is 4.79 Å². The fraction of sp³-hybridized carbons (Fsp3) is 0.345. The third-order valence-electron chi connectivity index (χ3n) is 6.60. The van der Waals surface area contributed by atoms with E-state index in [2.05, 4.69) is 16.7 Å². The summed E-state index contributed by atoms with van der Waals surface area (Å²) in [5, 5.41) is 17.7. The van der Waals surface area contributed by atoms with E-state index in [1.165, 1.54) is 18.2 Å². The molecular formula is C29H30ClN3O3S. The van der Waals surface area contributed by atoms with Crippen LogP contribution in [0.25, 0.3) is 0 Å². The average Bonchev–Trinajstić information content (AvgIpc) is 2.91. The molecule has 0 spiro atoms. The maximum Gasteiger partial charge on any atom is 0.337 e. The van der Waals surface area contributed by atoms with Crippen LogP contribution in [0.4, 0.5) is 0 Å². The molecule has 1 heterocycles. The lowest BCUT2D eigenvalue weighted by atomic mass is 9.82. The number of carbonyl (C=O) groups is 2. The van der Waals surface area contributed by atoms with Gasteiger partial charge in [0.1, 0.15) is 6.61 Å². The minimum atomic E-state index is -0.643. The molecule has 2 aliphatic rings. The van der Waals surface area contributed by atoms with Crippen molar-refractivity contribution in [3.63, 3.8) is 0 Å². The Bertz CT molecular complexity index is 1230. The van der Waals surface area contributed by atoms with Crippen LogP contribution >= 0.6 is 23.4 Å². The summed E-state index contributed by atoms with van der Waals surface area (Å²) in [7, 11) is 0. The van der Waals surface area contributed by atoms with Crippen LogP contribution < -0.4 is 10.6 Å². The van der Waals surface area contributed by atoms with Gasteiger partial charge in [0.2, 0.25) is 5.91 Å². The number of benzene rings is 2. The van der Waals surface area contributed by atoms with E-state index >= 15 is 0 Å². The molecule has 192 valence electrons. The van der Waals surface area contributed by atoms with Crippen molar-refractivity contribution in [2.24, 2.45) is 0 Å². The van der Waals surface area contributed by atoms with E-state index in [9.17, 15) is 14.9 Å². The first-order valence-corrected chi connectivity index (χ1v) is 13.8. The van der Waals surface area contributed by atoms with Crippen molar-refractivity contribution in [2.75, 3.05) is 5.75 Å². The standard InChI is InChI=1S/C29H30ClN3O3S/c1-19-26(29(35)36-17-20-8-4-2-5-9-20)27(21-12-14-22(30)15-13-21)24(16-31)28(32-19)37-18-25(34)33-23-10-6-3-7-11-23/h2,4-5,8-9,12-15,23,27,32H,3,6-7,10-11,17-18H2,1H3,(H,33,34). The zero-order valence-corrected chi connectivity index (χ0v) is 22.3. The fourth-order valence-corrected chi connectivity index (χ4v) is 5.77. The van der Waals surface area contributed by atoms with Gasteiger partial charge in [-0.15, -0.1) is 0 Å². The quantitative estimate of drug-likeness (QED) is 0.405. The summed E-state index contributed by atoms with van der Waals surface area (Å²) in [5.41, 5.74) is 2.95. The summed E-state index contributed by atoms with van der Waals surface area (Å²) in [5.74, 6) is -1.02. The summed E-state index contributed by atoms with van der Waals surface area (Å²) in [4.78, 5) is 26.0. The van der Waals surface area contributed by atoms with Gasteiger partial charge in [0.05, 0.1) is 33.9 Å². The van der Waals surface area contributed by atoms with Crippen molar-refractivity contribution >= 4 is 35.2 Å². The Hall–Kier alpha value is -3.21. The molecule has 1 amide bonds. The number of nitriles is 1. The number of hydrogen-bond donors (Lipinski definition) is 2. The van der Waals surface area contributed by atoms with E-state index in [1.807, 2.05) is 42.5 Å². The van der Waals surface area contributed by atoms with Crippen LogP contribution in [0.15, 0.2) is 76.5 Å². The minimum absolute atomic E-state index is 0.0544. The van der Waals surface area contributed by atoms with Crippen molar-refractivity contribution < 1.29 is 14.3 Å². The average molecular weight is 536 g/mol. The second kappa shape index (κ2) is 12.8. The van der Waals surface area contributed by atoms with E-state index in [4.69, 9.17) is 16.3 Å². The molecule has 1 aliphatic heterocycles. The number of esters is 1. The van der Waals surface area contributed by atoms with Crippen LogP contribution in [0.2, 0.25) is 5.02 Å². The van der Waals surface area contributed by atoms with Crippen LogP contribution in [0, 0.1) is 11.3 Å². The van der Waals surface area contributed by atoms with Gasteiger partial charge < -0.3 is 15.4 Å². The van der Waals surface area contributed by atoms with Gasteiger partial charge in [0, 0.05) is 16.8 Å². The second-order valence-electron chi connectivity index (χ2n) is 9.26. The number of thioether (sulfide) groups is 1. The molecule has 2 aromatic rings. The predicted molar refractivity (Wildman–Crippen MR) is 146 cm³/mol. The van der Waals surface area contributed by atoms with E-state index in [0.29, 0.717) is 26.9 Å². The number of carbonyl (C=O) groups excluding carboxylic acids is 2. The number of dihydropyridines is 1. The Kier molecular flexibility index (Phi) is 9.32. The zero-order chi connectivity index (χ0) is 26.2. The molecule has 1 fully saturated rings. The first-order valence-electron chi connectivity index (χ1n) is 12.5. The third kappa shape index (κ3) is 6.97. The molecule has 0 radical (unpaired) electrons. The Morgan fingerprint density at radius 2 is 1.81 bits per heavy atom. The maximum absolute atomic E-state index is 13.3. The molecule has 37 heavy (non-hydrogen) atoms. The molecule has 6 nitrogen and oxygen atoms in total. The first kappa shape index (κ1) is 26.8. The number of ether oxygens (including phenoxy) is 1. The van der Waals surface area contributed by atoms with Crippen LogP contribution in [-0.4, -0.2) is 23.7 Å². The van der Waals surface area contributed by atoms with Crippen molar-refractivity contribution in [1.82, 2.24) is 10.6 Å². The summed E-state index contributed by atoms with van der Waals surface area (Å²) in [6.07, 6.45) is 5.52. The number of amides is 1. The van der Waals surface area contributed by atoms with Gasteiger partial charge in [0.25, 0.3) is 0 Å². The molecule has 2 aromatic carbocycles. The summed E-state index contributed by atoms with van der Waals surface area (Å²) >= 11 is 7.40. The van der Waals surface area contributed by atoms with Crippen LogP contribution in [-0.2, 0) is 20.9 Å². The molecule has 2 N–H and O–H groups in total. The van der Waals surface area contributed by atoms with Gasteiger partial charge in [-0.05, 0) is 43.0 Å². The van der Waals surface area contributed by atoms with Crippen molar-refractivity contribution in [2.45, 2.75) is 57.6 Å². The fourth-order valence-electron chi connectivity index (χ4n) is 4.74. The lowest BCUT2D eigenvalue weighted by molar-refractivity contribution is -0.140. The lowest BCUT2D eigenvalue weighted by Crippen LogP contribution is -2.37. The number of nitrogens with one attached hydrogen (secondary N) is 2. The van der Waals surface area contributed by atoms with Crippen LogP contribution in [0.3, 0.4) is 0 Å². The molecule has 1 unspecified atom stereocenters. The molecule has 1 saturated carbocycles. The summed E-state index contributed by atoms with van der Waals surface area (Å²) in [6, 6.07) is 19.1. The van der Waals surface area contributed by atoms with Crippen molar-refractivity contribution in [1.29, 1.82) is 5.26 Å². The van der Waals surface area contributed by atoms with Gasteiger partial charge in [-0.2, -0.15) is 5.26 Å². The molecule has 0 aromatic heterocycles. The normalized spacial score (nSPS) is 18.1. The number of rotatable bonds is 8. The second-order valence-corrected chi connectivity index (χ2v) is 10.7. The molecular weight excluding hydrogens is 506 g/mol. The van der Waals surface area contributed by atoms with E-state index in [0.717, 1.165) is 36.8 Å². The van der Waals surface area contributed by atoms with Gasteiger partial charge in [-0.1, -0.05) is 85.1 Å². The monoisotopic (exact) mass is 535 g/mol. The molecule has 1 atom stereocenters. The minimum Gasteiger partial charge on any atom is -0.457 e. The molecule has 8 heteroatoms. The zero-order valence-electron chi connectivity index (χ0n) is 20.8. The van der Waals surface area contributed by atoms with Gasteiger partial charge in [-0.25, -0.2) is 4.79 Å². The Morgan fingerprint density at radius 3 is 2.49 bits per heavy atom. The Balaban J connectivity index is 1.56. The summed E-state index contributed by atoms with van der Waals surface area (Å²) < 4.78 is 5.66. The number of nitrogens with zero attached hydrogens (tertiary/aromatic N) is 1. The molecule has 1 aliphatic carbocycles. The summed E-state index contributed by atoms with van der Waals surface area (Å²) in [6.45, 7) is 1.91. The highest BCUT2D eigenvalue weighted by atomic mass is 35.5. The van der Waals surface area contributed by atoms with Gasteiger partial charge in [0.15, 0.2) is 0 Å².